The molecule has 1 aliphatic heterocycles. The van der Waals surface area contributed by atoms with Crippen LogP contribution in [0.15, 0.2) is 24.3 Å². The van der Waals surface area contributed by atoms with Crippen LogP contribution in [0.4, 0.5) is 5.69 Å². The molecular weight excluding hydrogens is 332 g/mol. The zero-order valence-electron chi connectivity index (χ0n) is 10.8. The zero-order valence-corrected chi connectivity index (χ0v) is 13.2. The molecule has 1 aromatic carbocycles. The summed E-state index contributed by atoms with van der Waals surface area (Å²) in [5.74, 6) is 0.819. The molecule has 106 valence electrons. The van der Waals surface area contributed by atoms with Gasteiger partial charge in [-0.1, -0.05) is 28.1 Å². The number of para-hydroxylation sites is 2. The summed E-state index contributed by atoms with van der Waals surface area (Å²) in [6.07, 6.45) is 0. The highest BCUT2D eigenvalue weighted by Crippen LogP contribution is 2.28. The predicted molar refractivity (Wildman–Crippen MR) is 79.5 cm³/mol. The molecule has 0 unspecified atom stereocenters. The summed E-state index contributed by atoms with van der Waals surface area (Å²) >= 11 is 3.03. The van der Waals surface area contributed by atoms with Crippen LogP contribution in [0, 0.1) is 0 Å². The van der Waals surface area contributed by atoms with Crippen LogP contribution in [0.3, 0.4) is 0 Å². The lowest BCUT2D eigenvalue weighted by atomic mass is 10.2. The van der Waals surface area contributed by atoms with E-state index < -0.39 is 10.0 Å². The summed E-state index contributed by atoms with van der Waals surface area (Å²) in [7, 11) is -1.51. The molecule has 0 spiro atoms. The fraction of sp³-hybridized carbons (Fsp3) is 0.500. The molecule has 0 atom stereocenters. The van der Waals surface area contributed by atoms with E-state index in [0.29, 0.717) is 26.2 Å². The highest BCUT2D eigenvalue weighted by Gasteiger charge is 2.26. The molecule has 1 aromatic rings. The number of benzene rings is 1. The minimum atomic E-state index is -3.15. The van der Waals surface area contributed by atoms with Gasteiger partial charge in [0, 0.05) is 26.2 Å². The Balaban J connectivity index is 2.08. The highest BCUT2D eigenvalue weighted by atomic mass is 79.9. The Morgan fingerprint density at radius 1 is 1.21 bits per heavy atom. The third-order valence-corrected chi connectivity index (χ3v) is 6.36. The molecule has 2 rings (SSSR count). The molecule has 0 bridgehead atoms. The van der Waals surface area contributed by atoms with E-state index in [2.05, 4.69) is 20.8 Å². The minimum absolute atomic E-state index is 0.0192. The molecule has 19 heavy (non-hydrogen) atoms. The standard InChI is InChI=1S/C12H17BrN2O3S/c1-18-12-5-3-2-4-11(12)14-6-8-15(9-7-14)19(16,17)10-13/h2-5H,6-10H2,1H3. The maximum absolute atomic E-state index is 11.8. The quantitative estimate of drug-likeness (QED) is 0.773. The Kier molecular flexibility index (Phi) is 4.70. The van der Waals surface area contributed by atoms with Gasteiger partial charge in [0.05, 0.1) is 12.8 Å². The van der Waals surface area contributed by atoms with Gasteiger partial charge in [0.1, 0.15) is 10.4 Å². The van der Waals surface area contributed by atoms with E-state index in [1.807, 2.05) is 24.3 Å². The van der Waals surface area contributed by atoms with E-state index in [1.165, 1.54) is 4.31 Å². The smallest absolute Gasteiger partial charge is 0.224 e. The van der Waals surface area contributed by atoms with Crippen molar-refractivity contribution in [1.82, 2.24) is 4.31 Å². The summed E-state index contributed by atoms with van der Waals surface area (Å²) in [4.78, 5) is 2.15. The number of ether oxygens (including phenoxy) is 1. The van der Waals surface area contributed by atoms with Crippen LogP contribution >= 0.6 is 15.9 Å². The molecule has 1 aliphatic rings. The van der Waals surface area contributed by atoms with Gasteiger partial charge in [0.2, 0.25) is 10.0 Å². The van der Waals surface area contributed by atoms with Crippen LogP contribution in [0.2, 0.25) is 0 Å². The van der Waals surface area contributed by atoms with E-state index in [1.54, 1.807) is 7.11 Å². The van der Waals surface area contributed by atoms with E-state index in [9.17, 15) is 8.42 Å². The fourth-order valence-corrected chi connectivity index (χ4v) is 3.89. The summed E-state index contributed by atoms with van der Waals surface area (Å²) in [5.41, 5.74) is 1.01. The van der Waals surface area contributed by atoms with Gasteiger partial charge >= 0.3 is 0 Å². The van der Waals surface area contributed by atoms with E-state index in [0.717, 1.165) is 11.4 Å². The van der Waals surface area contributed by atoms with E-state index in [4.69, 9.17) is 4.74 Å². The van der Waals surface area contributed by atoms with Crippen LogP contribution in [-0.2, 0) is 10.0 Å². The average Bonchev–Trinajstić information content (AvgIpc) is 2.47. The normalized spacial score (nSPS) is 17.5. The topological polar surface area (TPSA) is 49.9 Å². The summed E-state index contributed by atoms with van der Waals surface area (Å²) < 4.78 is 30.3. The summed E-state index contributed by atoms with van der Waals surface area (Å²) in [6.45, 7) is 2.36. The first-order valence-electron chi connectivity index (χ1n) is 6.00. The molecule has 1 fully saturated rings. The van der Waals surface area contributed by atoms with Crippen molar-refractivity contribution in [3.8, 4) is 5.75 Å². The number of anilines is 1. The number of methoxy groups -OCH3 is 1. The lowest BCUT2D eigenvalue weighted by molar-refractivity contribution is 0.380. The first-order chi connectivity index (χ1) is 9.08. The monoisotopic (exact) mass is 348 g/mol. The fourth-order valence-electron chi connectivity index (χ4n) is 2.17. The Hall–Kier alpha value is -0.790. The van der Waals surface area contributed by atoms with Gasteiger partial charge in [-0.3, -0.25) is 0 Å². The van der Waals surface area contributed by atoms with Crippen LogP contribution in [-0.4, -0.2) is 50.7 Å². The second-order valence-electron chi connectivity index (χ2n) is 4.28. The number of halogens is 1. The largest absolute Gasteiger partial charge is 0.495 e. The van der Waals surface area contributed by atoms with Crippen molar-refractivity contribution in [3.05, 3.63) is 24.3 Å². The second kappa shape index (κ2) is 6.11. The van der Waals surface area contributed by atoms with Crippen molar-refractivity contribution in [2.45, 2.75) is 0 Å². The second-order valence-corrected chi connectivity index (χ2v) is 7.55. The van der Waals surface area contributed by atoms with E-state index in [-0.39, 0.29) is 4.66 Å². The molecule has 0 aliphatic carbocycles. The lowest BCUT2D eigenvalue weighted by Gasteiger charge is -2.35. The number of hydrogen-bond acceptors (Lipinski definition) is 4. The van der Waals surface area contributed by atoms with Crippen molar-refractivity contribution < 1.29 is 13.2 Å². The van der Waals surface area contributed by atoms with E-state index >= 15 is 0 Å². The maximum atomic E-state index is 11.8. The Morgan fingerprint density at radius 2 is 1.84 bits per heavy atom. The minimum Gasteiger partial charge on any atom is -0.495 e. The first-order valence-corrected chi connectivity index (χ1v) is 8.73. The van der Waals surface area contributed by atoms with Gasteiger partial charge in [0.15, 0.2) is 0 Å². The van der Waals surface area contributed by atoms with Crippen molar-refractivity contribution in [2.75, 3.05) is 42.9 Å². The van der Waals surface area contributed by atoms with Crippen LogP contribution < -0.4 is 9.64 Å². The van der Waals surface area contributed by atoms with Gasteiger partial charge in [-0.25, -0.2) is 8.42 Å². The third kappa shape index (κ3) is 3.21. The highest BCUT2D eigenvalue weighted by molar-refractivity contribution is 9.10. The van der Waals surface area contributed by atoms with Gasteiger partial charge in [0.25, 0.3) is 0 Å². The van der Waals surface area contributed by atoms with Crippen molar-refractivity contribution in [2.24, 2.45) is 0 Å². The van der Waals surface area contributed by atoms with Crippen LogP contribution in [0.5, 0.6) is 5.75 Å². The summed E-state index contributed by atoms with van der Waals surface area (Å²) in [6, 6.07) is 7.79. The van der Waals surface area contributed by atoms with Crippen LogP contribution in [0.25, 0.3) is 0 Å². The van der Waals surface area contributed by atoms with Crippen molar-refractivity contribution in [3.63, 3.8) is 0 Å². The maximum Gasteiger partial charge on any atom is 0.224 e. The molecule has 0 radical (unpaired) electrons. The molecule has 7 heteroatoms. The third-order valence-electron chi connectivity index (χ3n) is 3.20. The first kappa shape index (κ1) is 14.6. The predicted octanol–water partition coefficient (Wildman–Crippen LogP) is 1.50. The van der Waals surface area contributed by atoms with Gasteiger partial charge in [-0.2, -0.15) is 4.31 Å². The molecule has 0 saturated carbocycles. The zero-order chi connectivity index (χ0) is 13.9. The van der Waals surface area contributed by atoms with Gasteiger partial charge < -0.3 is 9.64 Å². The number of rotatable bonds is 4. The summed E-state index contributed by atoms with van der Waals surface area (Å²) in [5, 5.41) is 0. The van der Waals surface area contributed by atoms with Crippen LogP contribution in [0.1, 0.15) is 0 Å². The number of nitrogens with zero attached hydrogens (tertiary/aromatic N) is 2. The van der Waals surface area contributed by atoms with Gasteiger partial charge in [-0.15, -0.1) is 0 Å². The Bertz CT molecular complexity index is 528. The van der Waals surface area contributed by atoms with Gasteiger partial charge in [-0.05, 0) is 12.1 Å². The Morgan fingerprint density at radius 3 is 2.42 bits per heavy atom. The van der Waals surface area contributed by atoms with Crippen molar-refractivity contribution >= 4 is 31.6 Å². The number of sulfonamides is 1. The molecule has 1 heterocycles. The number of piperazine rings is 1. The van der Waals surface area contributed by atoms with Crippen molar-refractivity contribution in [1.29, 1.82) is 0 Å². The Labute approximate surface area is 122 Å². The number of hydrogen-bond donors (Lipinski definition) is 0. The molecule has 5 nitrogen and oxygen atoms in total. The molecule has 0 aromatic heterocycles. The average molecular weight is 349 g/mol. The molecule has 0 N–H and O–H groups in total. The SMILES string of the molecule is COc1ccccc1N1CCN(S(=O)(=O)CBr)CC1. The number of alkyl halides is 1. The molecular formula is C12H17BrN2O3S. The lowest BCUT2D eigenvalue weighted by Crippen LogP contribution is -2.49. The molecule has 0 amide bonds. The molecule has 1 saturated heterocycles.